The van der Waals surface area contributed by atoms with Gasteiger partial charge in [0.05, 0.1) is 6.20 Å². The van der Waals surface area contributed by atoms with Crippen LogP contribution in [0.1, 0.15) is 18.1 Å². The van der Waals surface area contributed by atoms with Crippen molar-refractivity contribution in [3.05, 3.63) is 35.5 Å². The van der Waals surface area contributed by atoms with Crippen LogP contribution in [0, 0.1) is 6.92 Å². The van der Waals surface area contributed by atoms with Crippen molar-refractivity contribution in [2.24, 2.45) is 0 Å². The number of benzene rings is 1. The Balaban J connectivity index is 2.10. The third kappa shape index (κ3) is 4.39. The minimum absolute atomic E-state index is 0.513. The summed E-state index contributed by atoms with van der Waals surface area (Å²) >= 11 is 0. The van der Waals surface area contributed by atoms with E-state index in [0.29, 0.717) is 5.95 Å². The van der Waals surface area contributed by atoms with E-state index >= 15 is 0 Å². The second-order valence-corrected chi connectivity index (χ2v) is 5.48. The number of para-hydroxylation sites is 1. The highest BCUT2D eigenvalue weighted by Crippen LogP contribution is 2.23. The highest BCUT2D eigenvalue weighted by atomic mass is 15.3. The number of aryl methyl sites for hydroxylation is 2. The van der Waals surface area contributed by atoms with Crippen LogP contribution in [-0.4, -0.2) is 47.3 Å². The number of likely N-dealkylation sites (N-methyl/N-ethyl adjacent to an activating group) is 1. The average molecular weight is 300 g/mol. The molecular formula is C16H24N6. The lowest BCUT2D eigenvalue weighted by Gasteiger charge is -2.13. The monoisotopic (exact) mass is 300 g/mol. The third-order valence-electron chi connectivity index (χ3n) is 3.40. The van der Waals surface area contributed by atoms with Gasteiger partial charge in [-0.2, -0.15) is 10.1 Å². The van der Waals surface area contributed by atoms with E-state index in [-0.39, 0.29) is 0 Å². The lowest BCUT2D eigenvalue weighted by Crippen LogP contribution is -2.21. The minimum Gasteiger partial charge on any atom is -0.367 e. The number of nitrogens with one attached hydrogen (secondary N) is 2. The van der Waals surface area contributed by atoms with Crippen molar-refractivity contribution in [1.29, 1.82) is 0 Å². The molecule has 1 aromatic heterocycles. The first kappa shape index (κ1) is 16.2. The van der Waals surface area contributed by atoms with Crippen molar-refractivity contribution < 1.29 is 0 Å². The molecule has 6 nitrogen and oxygen atoms in total. The zero-order valence-corrected chi connectivity index (χ0v) is 13.7. The second-order valence-electron chi connectivity index (χ2n) is 5.48. The van der Waals surface area contributed by atoms with Crippen molar-refractivity contribution >= 4 is 17.5 Å². The summed E-state index contributed by atoms with van der Waals surface area (Å²) in [5, 5.41) is 14.6. The molecule has 2 rings (SSSR count). The standard InChI is InChI=1S/C16H24N6/c1-5-13-8-6-7-12(2)15(13)20-16-19-14(11-18-21-16)17-9-10-22(3)4/h6-8,11H,5,9-10H2,1-4H3,(H2,17,19,20,21). The Morgan fingerprint density at radius 1 is 1.23 bits per heavy atom. The molecule has 2 N–H and O–H groups in total. The Morgan fingerprint density at radius 2 is 2.05 bits per heavy atom. The zero-order valence-electron chi connectivity index (χ0n) is 13.7. The van der Waals surface area contributed by atoms with Gasteiger partial charge in [-0.3, -0.25) is 0 Å². The molecule has 0 atom stereocenters. The van der Waals surface area contributed by atoms with Crippen molar-refractivity contribution in [3.63, 3.8) is 0 Å². The predicted octanol–water partition coefficient (Wildman–Crippen LogP) is 2.46. The molecule has 1 aromatic carbocycles. The molecular weight excluding hydrogens is 276 g/mol. The van der Waals surface area contributed by atoms with Gasteiger partial charge in [-0.25, -0.2) is 0 Å². The summed E-state index contributed by atoms with van der Waals surface area (Å²) in [6.45, 7) is 5.96. The van der Waals surface area contributed by atoms with E-state index in [9.17, 15) is 0 Å². The Morgan fingerprint density at radius 3 is 2.77 bits per heavy atom. The summed E-state index contributed by atoms with van der Waals surface area (Å²) in [5.41, 5.74) is 3.49. The van der Waals surface area contributed by atoms with Crippen LogP contribution in [0.5, 0.6) is 0 Å². The van der Waals surface area contributed by atoms with Crippen LogP contribution in [-0.2, 0) is 6.42 Å². The van der Waals surface area contributed by atoms with E-state index < -0.39 is 0 Å². The maximum atomic E-state index is 4.47. The topological polar surface area (TPSA) is 66.0 Å². The van der Waals surface area contributed by atoms with Crippen molar-refractivity contribution in [2.75, 3.05) is 37.8 Å². The molecule has 22 heavy (non-hydrogen) atoms. The summed E-state index contributed by atoms with van der Waals surface area (Å²) < 4.78 is 0. The van der Waals surface area contributed by atoms with Crippen LogP contribution in [0.2, 0.25) is 0 Å². The first-order valence-corrected chi connectivity index (χ1v) is 7.54. The first-order chi connectivity index (χ1) is 10.6. The molecule has 1 heterocycles. The van der Waals surface area contributed by atoms with Gasteiger partial charge in [0, 0.05) is 18.8 Å². The van der Waals surface area contributed by atoms with Gasteiger partial charge in [0.1, 0.15) is 0 Å². The van der Waals surface area contributed by atoms with E-state index in [2.05, 4.69) is 62.8 Å². The Labute approximate surface area is 132 Å². The number of hydrogen-bond acceptors (Lipinski definition) is 6. The summed E-state index contributed by atoms with van der Waals surface area (Å²) in [6, 6.07) is 6.26. The molecule has 0 amide bonds. The van der Waals surface area contributed by atoms with E-state index in [0.717, 1.165) is 31.0 Å². The molecule has 0 saturated carbocycles. The van der Waals surface area contributed by atoms with Crippen LogP contribution < -0.4 is 10.6 Å². The maximum absolute atomic E-state index is 4.47. The fraction of sp³-hybridized carbons (Fsp3) is 0.438. The van der Waals surface area contributed by atoms with Crippen LogP contribution in [0.3, 0.4) is 0 Å². The summed E-state index contributed by atoms with van der Waals surface area (Å²) in [4.78, 5) is 6.58. The molecule has 0 bridgehead atoms. The molecule has 118 valence electrons. The summed E-state index contributed by atoms with van der Waals surface area (Å²) in [5.74, 6) is 1.24. The van der Waals surface area contributed by atoms with Gasteiger partial charge in [0.2, 0.25) is 5.95 Å². The number of aromatic nitrogens is 3. The lowest BCUT2D eigenvalue weighted by atomic mass is 10.1. The number of anilines is 3. The molecule has 0 unspecified atom stereocenters. The molecule has 0 aliphatic heterocycles. The van der Waals surface area contributed by atoms with Crippen molar-refractivity contribution in [2.45, 2.75) is 20.3 Å². The van der Waals surface area contributed by atoms with Gasteiger partial charge in [0.15, 0.2) is 5.82 Å². The number of nitrogens with zero attached hydrogens (tertiary/aromatic N) is 4. The second kappa shape index (κ2) is 7.70. The van der Waals surface area contributed by atoms with Gasteiger partial charge >= 0.3 is 0 Å². The number of hydrogen-bond donors (Lipinski definition) is 2. The first-order valence-electron chi connectivity index (χ1n) is 7.54. The van der Waals surface area contributed by atoms with Crippen LogP contribution >= 0.6 is 0 Å². The minimum atomic E-state index is 0.513. The fourth-order valence-electron chi connectivity index (χ4n) is 2.16. The van der Waals surface area contributed by atoms with Gasteiger partial charge in [-0.1, -0.05) is 25.1 Å². The van der Waals surface area contributed by atoms with Gasteiger partial charge in [-0.05, 0) is 38.6 Å². The molecule has 2 aromatic rings. The molecule has 0 saturated heterocycles. The maximum Gasteiger partial charge on any atom is 0.249 e. The molecule has 0 fully saturated rings. The van der Waals surface area contributed by atoms with E-state index in [1.807, 2.05) is 14.1 Å². The summed E-state index contributed by atoms with van der Waals surface area (Å²) in [7, 11) is 4.08. The van der Waals surface area contributed by atoms with Gasteiger partial charge in [0.25, 0.3) is 0 Å². The predicted molar refractivity (Wildman–Crippen MR) is 90.7 cm³/mol. The average Bonchev–Trinajstić information content (AvgIpc) is 2.49. The van der Waals surface area contributed by atoms with E-state index in [1.54, 1.807) is 6.20 Å². The van der Waals surface area contributed by atoms with E-state index in [1.165, 1.54) is 11.1 Å². The molecule has 6 heteroatoms. The van der Waals surface area contributed by atoms with E-state index in [4.69, 9.17) is 0 Å². The third-order valence-corrected chi connectivity index (χ3v) is 3.40. The SMILES string of the molecule is CCc1cccc(C)c1Nc1nncc(NCCN(C)C)n1. The van der Waals surface area contributed by atoms with Gasteiger partial charge in [-0.15, -0.1) is 5.10 Å². The molecule has 0 spiro atoms. The van der Waals surface area contributed by atoms with Crippen LogP contribution in [0.25, 0.3) is 0 Å². The van der Waals surface area contributed by atoms with Gasteiger partial charge < -0.3 is 15.5 Å². The van der Waals surface area contributed by atoms with Crippen molar-refractivity contribution in [1.82, 2.24) is 20.1 Å². The lowest BCUT2D eigenvalue weighted by molar-refractivity contribution is 0.425. The Bertz CT molecular complexity index is 611. The molecule has 0 radical (unpaired) electrons. The normalized spacial score (nSPS) is 10.8. The fourth-order valence-corrected chi connectivity index (χ4v) is 2.16. The zero-order chi connectivity index (χ0) is 15.9. The molecule has 0 aliphatic carbocycles. The quantitative estimate of drug-likeness (QED) is 0.819. The highest BCUT2D eigenvalue weighted by molar-refractivity contribution is 5.63. The highest BCUT2D eigenvalue weighted by Gasteiger charge is 2.07. The Hall–Kier alpha value is -2.21. The smallest absolute Gasteiger partial charge is 0.249 e. The largest absolute Gasteiger partial charge is 0.367 e. The molecule has 0 aliphatic rings. The van der Waals surface area contributed by atoms with Crippen LogP contribution in [0.15, 0.2) is 24.4 Å². The van der Waals surface area contributed by atoms with Crippen LogP contribution in [0.4, 0.5) is 17.5 Å². The number of rotatable bonds is 7. The van der Waals surface area contributed by atoms with Crippen molar-refractivity contribution in [3.8, 4) is 0 Å². The summed E-state index contributed by atoms with van der Waals surface area (Å²) in [6.07, 6.45) is 2.59. The Kier molecular flexibility index (Phi) is 5.66.